The predicted molar refractivity (Wildman–Crippen MR) is 241 cm³/mol. The quantitative estimate of drug-likeness (QED) is 0.165. The van der Waals surface area contributed by atoms with Gasteiger partial charge in [-0.1, -0.05) is 152 Å². The lowest BCUT2D eigenvalue weighted by atomic mass is 9.83. The third-order valence-corrected chi connectivity index (χ3v) is 12.8. The van der Waals surface area contributed by atoms with Gasteiger partial charge in [0.2, 0.25) is 0 Å². The van der Waals surface area contributed by atoms with Gasteiger partial charge in [-0.2, -0.15) is 0 Å². The molecule has 0 unspecified atom stereocenters. The molecule has 2 aromatic heterocycles. The van der Waals surface area contributed by atoms with Crippen LogP contribution in [0, 0.1) is 0 Å². The van der Waals surface area contributed by atoms with Crippen molar-refractivity contribution in [3.63, 3.8) is 0 Å². The second kappa shape index (κ2) is 12.3. The van der Waals surface area contributed by atoms with Crippen LogP contribution in [0.25, 0.3) is 119 Å². The van der Waals surface area contributed by atoms with Crippen LogP contribution in [-0.2, 0) is 0 Å². The van der Waals surface area contributed by atoms with Gasteiger partial charge in [0, 0.05) is 36.3 Å². The summed E-state index contributed by atoms with van der Waals surface area (Å²) in [5.74, 6) is 0. The van der Waals surface area contributed by atoms with E-state index in [4.69, 9.17) is 4.42 Å². The Morgan fingerprint density at radius 2 is 0.929 bits per heavy atom. The number of rotatable bonds is 4. The maximum atomic E-state index is 6.55. The summed E-state index contributed by atoms with van der Waals surface area (Å²) in [4.78, 5) is 0. The minimum Gasteiger partial charge on any atom is -0.455 e. The van der Waals surface area contributed by atoms with E-state index in [1.54, 1.807) is 0 Å². The summed E-state index contributed by atoms with van der Waals surface area (Å²) in [6.45, 7) is 0. The van der Waals surface area contributed by atoms with Crippen molar-refractivity contribution < 1.29 is 4.42 Å². The molecule has 2 heteroatoms. The lowest BCUT2D eigenvalue weighted by molar-refractivity contribution is 0.672. The van der Waals surface area contributed by atoms with Crippen LogP contribution in [0.1, 0.15) is 0 Å². The SMILES string of the molecule is c1ccc(-c2ccc3c(-c4cc(-c5ccc6oc7c8ccccc8ccc7c6c5)cc5sc6ccccc6c45)c4ccccc4c(-c4ccccc4)c3c2)cc1. The minimum atomic E-state index is 0.908. The smallest absolute Gasteiger partial charge is 0.143 e. The Bertz CT molecular complexity index is 3520. The Labute approximate surface area is 327 Å². The monoisotopic (exact) mass is 728 g/mol. The number of hydrogen-bond donors (Lipinski definition) is 0. The number of fused-ring (bicyclic) bond motifs is 10. The van der Waals surface area contributed by atoms with Crippen molar-refractivity contribution in [2.75, 3.05) is 0 Å². The van der Waals surface area contributed by atoms with E-state index in [1.807, 2.05) is 11.3 Å². The third-order valence-electron chi connectivity index (χ3n) is 11.6. The zero-order valence-electron chi connectivity index (χ0n) is 30.3. The highest BCUT2D eigenvalue weighted by Gasteiger charge is 2.22. The molecular formula is C54H32OS. The third kappa shape index (κ3) is 4.73. The predicted octanol–water partition coefficient (Wildman–Crippen LogP) is 16.1. The summed E-state index contributed by atoms with van der Waals surface area (Å²) in [5.41, 5.74) is 11.7. The van der Waals surface area contributed by atoms with Crippen LogP contribution in [-0.4, -0.2) is 0 Å². The highest BCUT2D eigenvalue weighted by Crippen LogP contribution is 2.50. The number of thiophene rings is 1. The first-order valence-corrected chi connectivity index (χ1v) is 20.0. The molecule has 12 aromatic rings. The molecule has 0 bridgehead atoms. The molecule has 56 heavy (non-hydrogen) atoms. The average molecular weight is 729 g/mol. The van der Waals surface area contributed by atoms with Crippen molar-refractivity contribution in [2.45, 2.75) is 0 Å². The van der Waals surface area contributed by atoms with Crippen LogP contribution in [0.5, 0.6) is 0 Å². The number of benzene rings is 10. The van der Waals surface area contributed by atoms with E-state index < -0.39 is 0 Å². The molecule has 260 valence electrons. The van der Waals surface area contributed by atoms with Crippen LogP contribution in [0.3, 0.4) is 0 Å². The molecule has 0 saturated heterocycles. The summed E-state index contributed by atoms with van der Waals surface area (Å²) in [6, 6.07) is 71.1. The summed E-state index contributed by atoms with van der Waals surface area (Å²) >= 11 is 1.88. The molecule has 0 aliphatic carbocycles. The zero-order chi connectivity index (χ0) is 36.7. The van der Waals surface area contributed by atoms with Crippen LogP contribution in [0.2, 0.25) is 0 Å². The van der Waals surface area contributed by atoms with Crippen molar-refractivity contribution in [2.24, 2.45) is 0 Å². The molecule has 10 aromatic carbocycles. The van der Waals surface area contributed by atoms with Crippen molar-refractivity contribution in [3.8, 4) is 44.5 Å². The van der Waals surface area contributed by atoms with Gasteiger partial charge in [0.05, 0.1) is 0 Å². The van der Waals surface area contributed by atoms with E-state index in [0.29, 0.717) is 0 Å². The van der Waals surface area contributed by atoms with E-state index in [-0.39, 0.29) is 0 Å². The molecule has 0 saturated carbocycles. The lowest BCUT2D eigenvalue weighted by Gasteiger charge is -2.20. The first-order valence-electron chi connectivity index (χ1n) is 19.2. The van der Waals surface area contributed by atoms with Gasteiger partial charge in [0.25, 0.3) is 0 Å². The fourth-order valence-corrected chi connectivity index (χ4v) is 10.3. The summed E-state index contributed by atoms with van der Waals surface area (Å²) < 4.78 is 9.13. The van der Waals surface area contributed by atoms with Crippen molar-refractivity contribution in [1.82, 2.24) is 0 Å². The summed E-state index contributed by atoms with van der Waals surface area (Å²) in [7, 11) is 0. The van der Waals surface area contributed by atoms with E-state index in [2.05, 4.69) is 194 Å². The van der Waals surface area contributed by atoms with E-state index in [1.165, 1.54) is 91.6 Å². The van der Waals surface area contributed by atoms with Crippen LogP contribution >= 0.6 is 11.3 Å². The van der Waals surface area contributed by atoms with Gasteiger partial charge in [-0.05, 0) is 114 Å². The highest BCUT2D eigenvalue weighted by atomic mass is 32.1. The number of hydrogen-bond acceptors (Lipinski definition) is 2. The highest BCUT2D eigenvalue weighted by molar-refractivity contribution is 7.26. The molecule has 0 spiro atoms. The normalized spacial score (nSPS) is 11.9. The second-order valence-electron chi connectivity index (χ2n) is 14.8. The van der Waals surface area contributed by atoms with Crippen molar-refractivity contribution in [1.29, 1.82) is 0 Å². The minimum absolute atomic E-state index is 0.908. The Morgan fingerprint density at radius 3 is 1.75 bits per heavy atom. The maximum Gasteiger partial charge on any atom is 0.143 e. The maximum absolute atomic E-state index is 6.55. The van der Waals surface area contributed by atoms with Gasteiger partial charge in [-0.3, -0.25) is 0 Å². The molecule has 0 amide bonds. The van der Waals surface area contributed by atoms with Crippen LogP contribution in [0.4, 0.5) is 0 Å². The molecule has 0 radical (unpaired) electrons. The molecule has 2 heterocycles. The Balaban J connectivity index is 1.19. The van der Waals surface area contributed by atoms with Gasteiger partial charge < -0.3 is 4.42 Å². The van der Waals surface area contributed by atoms with Gasteiger partial charge in [0.15, 0.2) is 0 Å². The first-order chi connectivity index (χ1) is 27.8. The summed E-state index contributed by atoms with van der Waals surface area (Å²) in [5, 5.41) is 12.2. The van der Waals surface area contributed by atoms with Gasteiger partial charge in [-0.25, -0.2) is 0 Å². The largest absolute Gasteiger partial charge is 0.455 e. The molecule has 12 rings (SSSR count). The average Bonchev–Trinajstić information content (AvgIpc) is 3.84. The zero-order valence-corrected chi connectivity index (χ0v) is 31.1. The van der Waals surface area contributed by atoms with Crippen molar-refractivity contribution in [3.05, 3.63) is 194 Å². The standard InChI is InChI=1S/C54H32OS/c1-3-13-33(14-4-1)36-24-26-42-46(30-36)51(35-16-5-2-6-17-35)40-19-9-10-20-41(40)52(42)47-31-38(32-50-53(47)44-21-11-12-22-49(44)56-50)37-25-28-48-45(29-37)43-27-23-34-15-7-8-18-39(34)54(43)55-48/h1-32H. The van der Waals surface area contributed by atoms with Gasteiger partial charge in [0.1, 0.15) is 11.2 Å². The fourth-order valence-electron chi connectivity index (χ4n) is 9.10. The summed E-state index contributed by atoms with van der Waals surface area (Å²) in [6.07, 6.45) is 0. The topological polar surface area (TPSA) is 13.1 Å². The lowest BCUT2D eigenvalue weighted by Crippen LogP contribution is -1.93. The Morgan fingerprint density at radius 1 is 0.321 bits per heavy atom. The molecule has 0 aliphatic heterocycles. The molecule has 1 nitrogen and oxygen atoms in total. The van der Waals surface area contributed by atoms with E-state index in [9.17, 15) is 0 Å². The molecule has 0 aliphatic rings. The van der Waals surface area contributed by atoms with E-state index in [0.717, 1.165) is 27.3 Å². The van der Waals surface area contributed by atoms with Crippen molar-refractivity contribution >= 4 is 85.8 Å². The molecular weight excluding hydrogens is 697 g/mol. The first kappa shape index (κ1) is 31.4. The molecule has 0 atom stereocenters. The fraction of sp³-hybridized carbons (Fsp3) is 0. The Hall–Kier alpha value is -7.00. The van der Waals surface area contributed by atoms with Crippen LogP contribution < -0.4 is 0 Å². The Kier molecular flexibility index (Phi) is 6.87. The molecule has 0 N–H and O–H groups in total. The van der Waals surface area contributed by atoms with E-state index >= 15 is 0 Å². The molecule has 0 fully saturated rings. The van der Waals surface area contributed by atoms with Gasteiger partial charge >= 0.3 is 0 Å². The van der Waals surface area contributed by atoms with Crippen LogP contribution in [0.15, 0.2) is 199 Å². The number of furan rings is 1. The van der Waals surface area contributed by atoms with Gasteiger partial charge in [-0.15, -0.1) is 11.3 Å². The second-order valence-corrected chi connectivity index (χ2v) is 15.8.